The molecule has 1 aromatic heterocycles. The lowest BCUT2D eigenvalue weighted by Crippen LogP contribution is -2.38. The Bertz CT molecular complexity index is 477. The van der Waals surface area contributed by atoms with Crippen LogP contribution >= 0.6 is 0 Å². The van der Waals surface area contributed by atoms with Crippen LogP contribution in [-0.4, -0.2) is 35.6 Å². The van der Waals surface area contributed by atoms with E-state index >= 15 is 0 Å². The van der Waals surface area contributed by atoms with Gasteiger partial charge in [-0.15, -0.1) is 0 Å². The molecule has 5 nitrogen and oxygen atoms in total. The molecule has 20 heavy (non-hydrogen) atoms. The van der Waals surface area contributed by atoms with E-state index in [1.807, 2.05) is 6.92 Å². The average Bonchev–Trinajstić information content (AvgIpc) is 2.85. The predicted molar refractivity (Wildman–Crippen MR) is 75.4 cm³/mol. The van der Waals surface area contributed by atoms with Crippen molar-refractivity contribution in [2.45, 2.75) is 39.0 Å². The molecule has 3 rings (SSSR count). The zero-order valence-electron chi connectivity index (χ0n) is 12.1. The van der Waals surface area contributed by atoms with Gasteiger partial charge in [0.15, 0.2) is 0 Å². The number of aromatic nitrogens is 2. The molecule has 5 heteroatoms. The molecule has 1 saturated heterocycles. The number of rotatable bonds is 3. The summed E-state index contributed by atoms with van der Waals surface area (Å²) in [5, 5.41) is 3.13. The summed E-state index contributed by atoms with van der Waals surface area (Å²) in [6.45, 7) is 4.44. The first-order valence-corrected chi connectivity index (χ1v) is 7.62. The van der Waals surface area contributed by atoms with Crippen molar-refractivity contribution < 1.29 is 9.53 Å². The molecule has 1 unspecified atom stereocenters. The van der Waals surface area contributed by atoms with Crippen LogP contribution in [0.15, 0.2) is 0 Å². The Hall–Kier alpha value is -1.36. The highest BCUT2D eigenvalue weighted by Crippen LogP contribution is 2.24. The number of imidazole rings is 1. The van der Waals surface area contributed by atoms with Crippen LogP contribution in [0.3, 0.4) is 0 Å². The molecule has 0 bridgehead atoms. The zero-order chi connectivity index (χ0) is 13.9. The molecule has 110 valence electrons. The van der Waals surface area contributed by atoms with E-state index in [0.717, 1.165) is 69.1 Å². The summed E-state index contributed by atoms with van der Waals surface area (Å²) in [6.07, 6.45) is 4.76. The smallest absolute Gasteiger partial charge is 0.223 e. The minimum atomic E-state index is 0.0993. The molecule has 1 atom stereocenters. The maximum Gasteiger partial charge on any atom is 0.223 e. The number of aromatic amines is 1. The Labute approximate surface area is 119 Å². The highest BCUT2D eigenvalue weighted by molar-refractivity contribution is 5.79. The molecule has 2 aliphatic rings. The molecule has 0 aromatic carbocycles. The molecule has 0 radical (unpaired) electrons. The minimum Gasteiger partial charge on any atom is -0.381 e. The summed E-state index contributed by atoms with van der Waals surface area (Å²) in [7, 11) is 0. The fourth-order valence-corrected chi connectivity index (χ4v) is 3.19. The second-order valence-corrected chi connectivity index (χ2v) is 5.99. The number of nitrogens with zero attached hydrogens (tertiary/aromatic N) is 1. The number of carbonyl (C=O) groups excluding carboxylic acids is 1. The van der Waals surface area contributed by atoms with Gasteiger partial charge in [0.1, 0.15) is 5.82 Å². The molecule has 1 aromatic rings. The summed E-state index contributed by atoms with van der Waals surface area (Å²) < 4.78 is 5.34. The highest BCUT2D eigenvalue weighted by atomic mass is 16.5. The minimum absolute atomic E-state index is 0.0993. The van der Waals surface area contributed by atoms with Crippen molar-refractivity contribution in [3.8, 4) is 0 Å². The van der Waals surface area contributed by atoms with Gasteiger partial charge >= 0.3 is 0 Å². The normalized spacial score (nSPS) is 23.4. The van der Waals surface area contributed by atoms with Crippen LogP contribution in [0.1, 0.15) is 36.5 Å². The molecular weight excluding hydrogens is 254 g/mol. The van der Waals surface area contributed by atoms with E-state index in [0.29, 0.717) is 5.92 Å². The fraction of sp³-hybridized carbons (Fsp3) is 0.733. The van der Waals surface area contributed by atoms with E-state index in [2.05, 4.69) is 15.3 Å². The number of aryl methyl sites for hydroxylation is 2. The topological polar surface area (TPSA) is 67.0 Å². The van der Waals surface area contributed by atoms with Gasteiger partial charge in [-0.25, -0.2) is 4.98 Å². The number of nitrogens with one attached hydrogen (secondary N) is 2. The largest absolute Gasteiger partial charge is 0.381 e. The number of hydrogen-bond acceptors (Lipinski definition) is 3. The lowest BCUT2D eigenvalue weighted by molar-refractivity contribution is -0.125. The summed E-state index contributed by atoms with van der Waals surface area (Å²) in [5.41, 5.74) is 2.30. The number of carbonyl (C=O) groups is 1. The van der Waals surface area contributed by atoms with E-state index in [1.165, 1.54) is 0 Å². The Morgan fingerprint density at radius 3 is 3.00 bits per heavy atom. The van der Waals surface area contributed by atoms with Crippen LogP contribution in [0.2, 0.25) is 0 Å². The van der Waals surface area contributed by atoms with E-state index in [4.69, 9.17) is 4.74 Å². The number of H-pyrrole nitrogens is 1. The molecule has 1 amide bonds. The number of hydrogen-bond donors (Lipinski definition) is 2. The molecule has 1 aliphatic carbocycles. The van der Waals surface area contributed by atoms with Crippen LogP contribution in [0, 0.1) is 18.8 Å². The third-order valence-corrected chi connectivity index (χ3v) is 4.44. The van der Waals surface area contributed by atoms with Crippen LogP contribution in [-0.2, 0) is 22.4 Å². The van der Waals surface area contributed by atoms with Crippen LogP contribution in [0.4, 0.5) is 0 Å². The Kier molecular flexibility index (Phi) is 4.05. The molecule has 2 heterocycles. The molecule has 1 fully saturated rings. The van der Waals surface area contributed by atoms with Crippen molar-refractivity contribution in [1.82, 2.24) is 15.3 Å². The van der Waals surface area contributed by atoms with Crippen molar-refractivity contribution in [2.75, 3.05) is 19.8 Å². The standard InChI is InChI=1S/C15H23N3O2/c1-10-17-13-3-2-12(8-14(13)18-10)15(19)16-9-11-4-6-20-7-5-11/h11-12H,2-9H2,1H3,(H,16,19)(H,17,18). The highest BCUT2D eigenvalue weighted by Gasteiger charge is 2.27. The monoisotopic (exact) mass is 277 g/mol. The van der Waals surface area contributed by atoms with Crippen LogP contribution in [0.25, 0.3) is 0 Å². The molecule has 2 N–H and O–H groups in total. The first kappa shape index (κ1) is 13.6. The number of amides is 1. The van der Waals surface area contributed by atoms with Gasteiger partial charge in [0.25, 0.3) is 0 Å². The molecule has 0 saturated carbocycles. The average molecular weight is 277 g/mol. The van der Waals surface area contributed by atoms with Gasteiger partial charge in [0.05, 0.1) is 5.69 Å². The predicted octanol–water partition coefficient (Wildman–Crippen LogP) is 1.37. The Balaban J connectivity index is 1.50. The van der Waals surface area contributed by atoms with Gasteiger partial charge in [-0.05, 0) is 38.5 Å². The quantitative estimate of drug-likeness (QED) is 0.877. The second kappa shape index (κ2) is 5.95. The van der Waals surface area contributed by atoms with E-state index in [9.17, 15) is 4.79 Å². The number of ether oxygens (including phenoxy) is 1. The zero-order valence-corrected chi connectivity index (χ0v) is 12.1. The summed E-state index contributed by atoms with van der Waals surface area (Å²) in [5.74, 6) is 1.84. The first-order valence-electron chi connectivity index (χ1n) is 7.62. The second-order valence-electron chi connectivity index (χ2n) is 5.99. The summed E-state index contributed by atoms with van der Waals surface area (Å²) >= 11 is 0. The lowest BCUT2D eigenvalue weighted by Gasteiger charge is -2.25. The van der Waals surface area contributed by atoms with Crippen molar-refractivity contribution >= 4 is 5.91 Å². The molecular formula is C15H23N3O2. The van der Waals surface area contributed by atoms with Gasteiger partial charge < -0.3 is 15.0 Å². The molecule has 0 spiro atoms. The van der Waals surface area contributed by atoms with E-state index < -0.39 is 0 Å². The van der Waals surface area contributed by atoms with Crippen LogP contribution < -0.4 is 5.32 Å². The maximum absolute atomic E-state index is 12.3. The van der Waals surface area contributed by atoms with Crippen molar-refractivity contribution in [1.29, 1.82) is 0 Å². The fourth-order valence-electron chi connectivity index (χ4n) is 3.19. The number of fused-ring (bicyclic) bond motifs is 1. The van der Waals surface area contributed by atoms with Gasteiger partial charge in [-0.2, -0.15) is 0 Å². The summed E-state index contributed by atoms with van der Waals surface area (Å²) in [6, 6.07) is 0. The van der Waals surface area contributed by atoms with Crippen LogP contribution in [0.5, 0.6) is 0 Å². The van der Waals surface area contributed by atoms with E-state index in [1.54, 1.807) is 0 Å². The van der Waals surface area contributed by atoms with Gasteiger partial charge in [0.2, 0.25) is 5.91 Å². The molecule has 1 aliphatic heterocycles. The Morgan fingerprint density at radius 1 is 1.40 bits per heavy atom. The van der Waals surface area contributed by atoms with Gasteiger partial charge in [-0.1, -0.05) is 0 Å². The van der Waals surface area contributed by atoms with Crippen molar-refractivity contribution in [2.24, 2.45) is 11.8 Å². The van der Waals surface area contributed by atoms with Crippen molar-refractivity contribution in [3.05, 3.63) is 17.2 Å². The first-order chi connectivity index (χ1) is 9.72. The maximum atomic E-state index is 12.3. The van der Waals surface area contributed by atoms with Gasteiger partial charge in [0, 0.05) is 37.8 Å². The lowest BCUT2D eigenvalue weighted by atomic mass is 9.89. The summed E-state index contributed by atoms with van der Waals surface area (Å²) in [4.78, 5) is 20.0. The SMILES string of the molecule is Cc1nc2c([nH]1)CC(C(=O)NCC1CCOCC1)CC2. The third-order valence-electron chi connectivity index (χ3n) is 4.44. The third kappa shape index (κ3) is 3.03. The Morgan fingerprint density at radius 2 is 2.20 bits per heavy atom. The van der Waals surface area contributed by atoms with E-state index in [-0.39, 0.29) is 11.8 Å². The van der Waals surface area contributed by atoms with Crippen molar-refractivity contribution in [3.63, 3.8) is 0 Å². The van der Waals surface area contributed by atoms with Gasteiger partial charge in [-0.3, -0.25) is 4.79 Å².